The van der Waals surface area contributed by atoms with E-state index in [9.17, 15) is 9.59 Å². The van der Waals surface area contributed by atoms with Crippen LogP contribution in [0.1, 0.15) is 17.3 Å². The first-order chi connectivity index (χ1) is 10.1. The highest BCUT2D eigenvalue weighted by molar-refractivity contribution is 6.07. The van der Waals surface area contributed by atoms with Crippen molar-refractivity contribution in [1.82, 2.24) is 15.1 Å². The molecule has 1 aliphatic heterocycles. The number of anilines is 1. The summed E-state index contributed by atoms with van der Waals surface area (Å²) in [6.07, 6.45) is 1.77. The third-order valence-corrected chi connectivity index (χ3v) is 3.55. The van der Waals surface area contributed by atoms with Crippen molar-refractivity contribution in [2.75, 3.05) is 11.4 Å². The fourth-order valence-corrected chi connectivity index (χ4v) is 2.64. The summed E-state index contributed by atoms with van der Waals surface area (Å²) in [6.45, 7) is 1.84. The molecule has 1 fully saturated rings. The summed E-state index contributed by atoms with van der Waals surface area (Å²) in [4.78, 5) is 26.2. The maximum Gasteiger partial charge on any atom is 0.248 e. The monoisotopic (exact) mass is 284 g/mol. The Labute approximate surface area is 122 Å². The summed E-state index contributed by atoms with van der Waals surface area (Å²) >= 11 is 0. The van der Waals surface area contributed by atoms with Crippen LogP contribution in [-0.4, -0.2) is 28.1 Å². The molecule has 1 aliphatic rings. The van der Waals surface area contributed by atoms with Crippen molar-refractivity contribution >= 4 is 17.5 Å². The van der Waals surface area contributed by atoms with E-state index >= 15 is 0 Å². The predicted octanol–water partition coefficient (Wildman–Crippen LogP) is 0.933. The molecule has 1 atom stereocenters. The largest absolute Gasteiger partial charge is 0.345 e. The van der Waals surface area contributed by atoms with Gasteiger partial charge in [-0.1, -0.05) is 30.3 Å². The summed E-state index contributed by atoms with van der Waals surface area (Å²) < 4.78 is 1.65. The topological polar surface area (TPSA) is 67.2 Å². The lowest BCUT2D eigenvalue weighted by Gasteiger charge is -2.34. The van der Waals surface area contributed by atoms with Gasteiger partial charge in [-0.25, -0.2) is 0 Å². The molecular formula is C15H16N4O2. The van der Waals surface area contributed by atoms with Crippen LogP contribution in [0.2, 0.25) is 0 Å². The standard InChI is InChI=1S/C15H16N4O2/c1-10-12(9-18(2)17-10)19-13(20)8-16-15(21)14(19)11-6-4-3-5-7-11/h3-7,9,14H,8H2,1-2H3,(H,16,21). The Morgan fingerprint density at radius 2 is 1.95 bits per heavy atom. The Hall–Kier alpha value is -2.63. The molecule has 1 aromatic heterocycles. The molecule has 108 valence electrons. The average Bonchev–Trinajstić information content (AvgIpc) is 2.80. The van der Waals surface area contributed by atoms with E-state index in [0.717, 1.165) is 11.3 Å². The van der Waals surface area contributed by atoms with Gasteiger partial charge in [-0.3, -0.25) is 19.2 Å². The van der Waals surface area contributed by atoms with Crippen molar-refractivity contribution in [3.05, 3.63) is 47.8 Å². The maximum absolute atomic E-state index is 12.4. The highest BCUT2D eigenvalue weighted by atomic mass is 16.2. The van der Waals surface area contributed by atoms with E-state index < -0.39 is 6.04 Å². The number of aromatic nitrogens is 2. The third-order valence-electron chi connectivity index (χ3n) is 3.55. The number of carbonyl (C=O) groups excluding carboxylic acids is 2. The van der Waals surface area contributed by atoms with Gasteiger partial charge in [0.15, 0.2) is 0 Å². The molecule has 0 spiro atoms. The summed E-state index contributed by atoms with van der Waals surface area (Å²) in [7, 11) is 1.79. The van der Waals surface area contributed by atoms with Gasteiger partial charge in [0, 0.05) is 13.2 Å². The molecule has 1 N–H and O–H groups in total. The van der Waals surface area contributed by atoms with Crippen LogP contribution in [0.4, 0.5) is 5.69 Å². The van der Waals surface area contributed by atoms with Gasteiger partial charge in [0.05, 0.1) is 17.9 Å². The molecule has 1 aromatic carbocycles. The van der Waals surface area contributed by atoms with E-state index in [1.54, 1.807) is 17.9 Å². The number of hydrogen-bond acceptors (Lipinski definition) is 3. The van der Waals surface area contributed by atoms with Gasteiger partial charge >= 0.3 is 0 Å². The molecule has 2 heterocycles. The van der Waals surface area contributed by atoms with E-state index in [1.807, 2.05) is 37.3 Å². The molecule has 2 amide bonds. The molecule has 3 rings (SSSR count). The molecular weight excluding hydrogens is 268 g/mol. The Bertz CT molecular complexity index is 693. The normalized spacial score (nSPS) is 18.8. The number of aryl methyl sites for hydroxylation is 2. The van der Waals surface area contributed by atoms with Crippen LogP contribution < -0.4 is 10.2 Å². The van der Waals surface area contributed by atoms with Crippen LogP contribution in [0.25, 0.3) is 0 Å². The number of piperazine rings is 1. The number of rotatable bonds is 2. The Morgan fingerprint density at radius 3 is 2.57 bits per heavy atom. The highest BCUT2D eigenvalue weighted by Crippen LogP contribution is 2.31. The van der Waals surface area contributed by atoms with Gasteiger partial charge in [-0.05, 0) is 12.5 Å². The minimum atomic E-state index is -0.657. The highest BCUT2D eigenvalue weighted by Gasteiger charge is 2.37. The average molecular weight is 284 g/mol. The molecule has 0 bridgehead atoms. The van der Waals surface area contributed by atoms with Crippen molar-refractivity contribution in [2.45, 2.75) is 13.0 Å². The van der Waals surface area contributed by atoms with Gasteiger partial charge < -0.3 is 5.32 Å². The maximum atomic E-state index is 12.4. The Kier molecular flexibility index (Phi) is 3.21. The van der Waals surface area contributed by atoms with Crippen molar-refractivity contribution < 1.29 is 9.59 Å². The smallest absolute Gasteiger partial charge is 0.248 e. The number of hydrogen-bond donors (Lipinski definition) is 1. The van der Waals surface area contributed by atoms with Crippen LogP contribution in [-0.2, 0) is 16.6 Å². The minimum absolute atomic E-state index is 0.0104. The van der Waals surface area contributed by atoms with Crippen LogP contribution >= 0.6 is 0 Å². The molecule has 2 aromatic rings. The number of nitrogens with zero attached hydrogens (tertiary/aromatic N) is 3. The van der Waals surface area contributed by atoms with E-state index in [0.29, 0.717) is 5.69 Å². The number of benzene rings is 1. The molecule has 6 heteroatoms. The molecule has 1 saturated heterocycles. The molecule has 0 radical (unpaired) electrons. The second-order valence-electron chi connectivity index (χ2n) is 5.07. The first-order valence-electron chi connectivity index (χ1n) is 6.73. The Morgan fingerprint density at radius 1 is 1.24 bits per heavy atom. The first-order valence-corrected chi connectivity index (χ1v) is 6.73. The lowest BCUT2D eigenvalue weighted by atomic mass is 10.0. The number of amides is 2. The van der Waals surface area contributed by atoms with Crippen molar-refractivity contribution in [2.24, 2.45) is 7.05 Å². The fourth-order valence-electron chi connectivity index (χ4n) is 2.64. The van der Waals surface area contributed by atoms with Gasteiger partial charge in [0.25, 0.3) is 0 Å². The van der Waals surface area contributed by atoms with Crippen LogP contribution in [0, 0.1) is 6.92 Å². The summed E-state index contributed by atoms with van der Waals surface area (Å²) in [5.74, 6) is -0.316. The van der Waals surface area contributed by atoms with E-state index in [4.69, 9.17) is 0 Å². The molecule has 0 saturated carbocycles. The van der Waals surface area contributed by atoms with Crippen LogP contribution in [0.5, 0.6) is 0 Å². The summed E-state index contributed by atoms with van der Waals surface area (Å²) in [5, 5.41) is 6.91. The van der Waals surface area contributed by atoms with E-state index in [2.05, 4.69) is 10.4 Å². The Balaban J connectivity index is 2.11. The second-order valence-corrected chi connectivity index (χ2v) is 5.07. The minimum Gasteiger partial charge on any atom is -0.345 e. The lowest BCUT2D eigenvalue weighted by Crippen LogP contribution is -2.53. The zero-order chi connectivity index (χ0) is 15.0. The lowest BCUT2D eigenvalue weighted by molar-refractivity contribution is -0.131. The third kappa shape index (κ3) is 2.29. The molecule has 0 aliphatic carbocycles. The fraction of sp³-hybridized carbons (Fsp3) is 0.267. The SMILES string of the molecule is Cc1nn(C)cc1N1C(=O)CNC(=O)C1c1ccccc1. The van der Waals surface area contributed by atoms with Crippen molar-refractivity contribution in [3.63, 3.8) is 0 Å². The van der Waals surface area contributed by atoms with Gasteiger partial charge in [-0.15, -0.1) is 0 Å². The van der Waals surface area contributed by atoms with Crippen LogP contribution in [0.15, 0.2) is 36.5 Å². The van der Waals surface area contributed by atoms with Gasteiger partial charge in [-0.2, -0.15) is 5.10 Å². The zero-order valence-corrected chi connectivity index (χ0v) is 11.9. The number of carbonyl (C=O) groups is 2. The molecule has 21 heavy (non-hydrogen) atoms. The molecule has 1 unspecified atom stereocenters. The van der Waals surface area contributed by atoms with Crippen molar-refractivity contribution in [3.8, 4) is 0 Å². The van der Waals surface area contributed by atoms with Gasteiger partial charge in [0.1, 0.15) is 6.04 Å². The van der Waals surface area contributed by atoms with Crippen LogP contribution in [0.3, 0.4) is 0 Å². The van der Waals surface area contributed by atoms with Crippen molar-refractivity contribution in [1.29, 1.82) is 0 Å². The summed E-state index contributed by atoms with van der Waals surface area (Å²) in [6, 6.07) is 8.64. The predicted molar refractivity (Wildman–Crippen MR) is 77.6 cm³/mol. The van der Waals surface area contributed by atoms with E-state index in [-0.39, 0.29) is 18.4 Å². The molecule has 6 nitrogen and oxygen atoms in total. The second kappa shape index (κ2) is 5.05. The first kappa shape index (κ1) is 13.4. The summed E-state index contributed by atoms with van der Waals surface area (Å²) in [5.41, 5.74) is 2.18. The number of nitrogens with one attached hydrogen (secondary N) is 1. The zero-order valence-electron chi connectivity index (χ0n) is 11.9. The quantitative estimate of drug-likeness (QED) is 0.892. The van der Waals surface area contributed by atoms with Gasteiger partial charge in [0.2, 0.25) is 11.8 Å². The van der Waals surface area contributed by atoms with E-state index in [1.165, 1.54) is 4.90 Å².